The van der Waals surface area contributed by atoms with Gasteiger partial charge in [-0.1, -0.05) is 19.8 Å². The van der Waals surface area contributed by atoms with Gasteiger partial charge in [0.15, 0.2) is 0 Å². The van der Waals surface area contributed by atoms with Crippen LogP contribution < -0.4 is 5.73 Å². The molecule has 0 spiro atoms. The van der Waals surface area contributed by atoms with Crippen molar-refractivity contribution >= 4 is 5.91 Å². The molecule has 0 saturated heterocycles. The maximum Gasteiger partial charge on any atom is 0.240 e. The van der Waals surface area contributed by atoms with Crippen LogP contribution in [-0.4, -0.2) is 29.9 Å². The van der Waals surface area contributed by atoms with E-state index in [9.17, 15) is 4.79 Å². The highest BCUT2D eigenvalue weighted by Gasteiger charge is 2.28. The summed E-state index contributed by atoms with van der Waals surface area (Å²) in [5.74, 6) is 3.65. The van der Waals surface area contributed by atoms with Gasteiger partial charge in [0.05, 0.1) is 12.6 Å². The van der Waals surface area contributed by atoms with Gasteiger partial charge in [-0.3, -0.25) is 4.79 Å². The zero-order chi connectivity index (χ0) is 12.1. The van der Waals surface area contributed by atoms with Gasteiger partial charge in [0.25, 0.3) is 0 Å². The third-order valence-corrected chi connectivity index (χ3v) is 2.81. The van der Waals surface area contributed by atoms with Crippen molar-refractivity contribution < 1.29 is 4.79 Å². The van der Waals surface area contributed by atoms with Crippen molar-refractivity contribution in [3.63, 3.8) is 0 Å². The van der Waals surface area contributed by atoms with E-state index < -0.39 is 6.04 Å². The molecular formula is C13H22N2O. The van der Waals surface area contributed by atoms with Crippen molar-refractivity contribution in [2.24, 2.45) is 17.6 Å². The first-order chi connectivity index (χ1) is 7.54. The number of rotatable bonds is 6. The third-order valence-electron chi connectivity index (χ3n) is 2.81. The highest BCUT2D eigenvalue weighted by molar-refractivity contribution is 5.81. The first-order valence-corrected chi connectivity index (χ1v) is 6.02. The van der Waals surface area contributed by atoms with Crippen LogP contribution in [0.5, 0.6) is 0 Å². The largest absolute Gasteiger partial charge is 0.330 e. The van der Waals surface area contributed by atoms with E-state index in [1.54, 1.807) is 4.90 Å². The summed E-state index contributed by atoms with van der Waals surface area (Å²) in [4.78, 5) is 13.8. The topological polar surface area (TPSA) is 46.3 Å². The predicted molar refractivity (Wildman–Crippen MR) is 65.6 cm³/mol. The molecule has 2 N–H and O–H groups in total. The predicted octanol–water partition coefficient (Wildman–Crippen LogP) is 1.23. The fraction of sp³-hybridized carbons (Fsp3) is 0.769. The number of hydrogen-bond acceptors (Lipinski definition) is 2. The lowest BCUT2D eigenvalue weighted by Crippen LogP contribution is -2.45. The molecule has 3 heteroatoms. The first-order valence-electron chi connectivity index (χ1n) is 6.02. The Morgan fingerprint density at radius 2 is 2.19 bits per heavy atom. The molecule has 0 heterocycles. The van der Waals surface area contributed by atoms with Gasteiger partial charge in [-0.15, -0.1) is 6.42 Å². The van der Waals surface area contributed by atoms with Crippen molar-refractivity contribution in [2.45, 2.75) is 39.2 Å². The zero-order valence-corrected chi connectivity index (χ0v) is 10.3. The van der Waals surface area contributed by atoms with Crippen molar-refractivity contribution in [3.8, 4) is 12.3 Å². The maximum atomic E-state index is 12.0. The van der Waals surface area contributed by atoms with Crippen molar-refractivity contribution in [3.05, 3.63) is 0 Å². The average Bonchev–Trinajstić information content (AvgIpc) is 2.99. The van der Waals surface area contributed by atoms with Crippen LogP contribution in [0.3, 0.4) is 0 Å². The number of carbonyl (C=O) groups is 1. The minimum atomic E-state index is -0.396. The van der Waals surface area contributed by atoms with Crippen LogP contribution >= 0.6 is 0 Å². The van der Waals surface area contributed by atoms with Gasteiger partial charge >= 0.3 is 0 Å². The van der Waals surface area contributed by atoms with Gasteiger partial charge in [-0.2, -0.15) is 0 Å². The minimum Gasteiger partial charge on any atom is -0.330 e. The Labute approximate surface area is 98.4 Å². The van der Waals surface area contributed by atoms with E-state index in [2.05, 4.69) is 19.8 Å². The Bertz CT molecular complexity index is 276. The lowest BCUT2D eigenvalue weighted by molar-refractivity contribution is -0.132. The van der Waals surface area contributed by atoms with E-state index in [4.69, 9.17) is 12.2 Å². The molecule has 0 radical (unpaired) electrons. The number of terminal acetylenes is 1. The summed E-state index contributed by atoms with van der Waals surface area (Å²) in [7, 11) is 0. The molecule has 1 fully saturated rings. The second-order valence-corrected chi connectivity index (χ2v) is 5.10. The van der Waals surface area contributed by atoms with E-state index in [-0.39, 0.29) is 5.91 Å². The van der Waals surface area contributed by atoms with E-state index >= 15 is 0 Å². The van der Waals surface area contributed by atoms with Crippen LogP contribution in [0.4, 0.5) is 0 Å². The summed E-state index contributed by atoms with van der Waals surface area (Å²) < 4.78 is 0. The molecule has 0 unspecified atom stereocenters. The van der Waals surface area contributed by atoms with Crippen LogP contribution in [0, 0.1) is 24.2 Å². The molecule has 1 saturated carbocycles. The summed E-state index contributed by atoms with van der Waals surface area (Å²) in [6.45, 7) is 5.31. The Hall–Kier alpha value is -1.01. The number of hydrogen-bond donors (Lipinski definition) is 1. The fourth-order valence-electron chi connectivity index (χ4n) is 1.80. The molecule has 90 valence electrons. The highest BCUT2D eigenvalue weighted by Crippen LogP contribution is 2.29. The van der Waals surface area contributed by atoms with Gasteiger partial charge < -0.3 is 10.6 Å². The lowest BCUT2D eigenvalue weighted by Gasteiger charge is -2.24. The molecule has 3 nitrogen and oxygen atoms in total. The third kappa shape index (κ3) is 4.24. The molecule has 1 atom stereocenters. The van der Waals surface area contributed by atoms with E-state index in [1.807, 2.05) is 0 Å². The standard InChI is InChI=1S/C13H22N2O/c1-4-7-15(9-11-5-6-11)13(16)12(14)8-10(2)3/h1,10-12H,5-9,14H2,2-3H3/t12-/m0/s1. The number of nitrogens with two attached hydrogens (primary N) is 1. The smallest absolute Gasteiger partial charge is 0.240 e. The van der Waals surface area contributed by atoms with Gasteiger partial charge in [0.1, 0.15) is 0 Å². The Balaban J connectivity index is 2.47. The fourth-order valence-corrected chi connectivity index (χ4v) is 1.80. The maximum absolute atomic E-state index is 12.0. The van der Waals surface area contributed by atoms with Gasteiger partial charge in [-0.05, 0) is 31.1 Å². The number of carbonyl (C=O) groups excluding carboxylic acids is 1. The summed E-state index contributed by atoms with van der Waals surface area (Å²) in [6, 6.07) is -0.396. The minimum absolute atomic E-state index is 0.0125. The van der Waals surface area contributed by atoms with E-state index in [0.717, 1.165) is 13.0 Å². The van der Waals surface area contributed by atoms with E-state index in [1.165, 1.54) is 12.8 Å². The zero-order valence-electron chi connectivity index (χ0n) is 10.3. The van der Waals surface area contributed by atoms with Crippen LogP contribution in [0.15, 0.2) is 0 Å². The lowest BCUT2D eigenvalue weighted by atomic mass is 10.0. The van der Waals surface area contributed by atoms with Crippen LogP contribution in [0.25, 0.3) is 0 Å². The molecule has 1 rings (SSSR count). The second kappa shape index (κ2) is 5.91. The normalized spacial score (nSPS) is 16.9. The number of amides is 1. The molecule has 16 heavy (non-hydrogen) atoms. The molecule has 1 aliphatic carbocycles. The molecule has 0 aliphatic heterocycles. The summed E-state index contributed by atoms with van der Waals surface area (Å²) in [6.07, 6.45) is 8.44. The van der Waals surface area contributed by atoms with Crippen molar-refractivity contribution in [2.75, 3.05) is 13.1 Å². The molecule has 1 amide bonds. The highest BCUT2D eigenvalue weighted by atomic mass is 16.2. The van der Waals surface area contributed by atoms with E-state index in [0.29, 0.717) is 18.4 Å². The Morgan fingerprint density at radius 3 is 2.62 bits per heavy atom. The van der Waals surface area contributed by atoms with Gasteiger partial charge in [0.2, 0.25) is 5.91 Å². The Kier molecular flexibility index (Phi) is 4.82. The van der Waals surface area contributed by atoms with Crippen molar-refractivity contribution in [1.82, 2.24) is 4.90 Å². The van der Waals surface area contributed by atoms with Gasteiger partial charge in [-0.25, -0.2) is 0 Å². The Morgan fingerprint density at radius 1 is 1.56 bits per heavy atom. The summed E-state index contributed by atoms with van der Waals surface area (Å²) >= 11 is 0. The van der Waals surface area contributed by atoms with Crippen molar-refractivity contribution in [1.29, 1.82) is 0 Å². The molecular weight excluding hydrogens is 200 g/mol. The monoisotopic (exact) mass is 222 g/mol. The molecule has 0 bridgehead atoms. The summed E-state index contributed by atoms with van der Waals surface area (Å²) in [5, 5.41) is 0. The molecule has 0 aromatic rings. The first kappa shape index (κ1) is 13.1. The van der Waals surface area contributed by atoms with Crippen LogP contribution in [-0.2, 0) is 4.79 Å². The quantitative estimate of drug-likeness (QED) is 0.687. The average molecular weight is 222 g/mol. The SMILES string of the molecule is C#CCN(CC1CC1)C(=O)[C@@H](N)CC(C)C. The number of nitrogens with zero attached hydrogens (tertiary/aromatic N) is 1. The van der Waals surface area contributed by atoms with Gasteiger partial charge in [0, 0.05) is 6.54 Å². The molecule has 0 aromatic heterocycles. The molecule has 1 aliphatic rings. The molecule has 0 aromatic carbocycles. The van der Waals surface area contributed by atoms with Crippen LogP contribution in [0.2, 0.25) is 0 Å². The second-order valence-electron chi connectivity index (χ2n) is 5.10. The summed E-state index contributed by atoms with van der Waals surface area (Å²) in [5.41, 5.74) is 5.89. The van der Waals surface area contributed by atoms with Crippen LogP contribution in [0.1, 0.15) is 33.1 Å².